The Morgan fingerprint density at radius 2 is 1.69 bits per heavy atom. The number of carbonyl (C=O) groups excluding carboxylic acids is 1. The van der Waals surface area contributed by atoms with Crippen LogP contribution in [0.4, 0.5) is 0 Å². The van der Waals surface area contributed by atoms with Crippen LogP contribution < -0.4 is 0 Å². The van der Waals surface area contributed by atoms with Crippen molar-refractivity contribution in [2.24, 2.45) is 11.8 Å². The first kappa shape index (κ1) is 11.2. The van der Waals surface area contributed by atoms with Crippen LogP contribution in [0.2, 0.25) is 0 Å². The molecule has 2 heteroatoms. The lowest BCUT2D eigenvalue weighted by Crippen LogP contribution is -2.42. The number of likely N-dealkylation sites (tertiary alicyclic amines) is 1. The van der Waals surface area contributed by atoms with Crippen molar-refractivity contribution in [2.75, 3.05) is 13.1 Å². The minimum atomic E-state index is 0.180. The van der Waals surface area contributed by atoms with Crippen LogP contribution in [-0.2, 0) is 0 Å². The second-order valence-electron chi connectivity index (χ2n) is 5.02. The minimum Gasteiger partial charge on any atom is -0.338 e. The zero-order chi connectivity index (χ0) is 11.5. The van der Waals surface area contributed by atoms with Gasteiger partial charge in [-0.15, -0.1) is 0 Å². The van der Waals surface area contributed by atoms with Crippen molar-refractivity contribution in [1.82, 2.24) is 4.90 Å². The van der Waals surface area contributed by atoms with Gasteiger partial charge in [0.15, 0.2) is 0 Å². The highest BCUT2D eigenvalue weighted by Crippen LogP contribution is 2.22. The zero-order valence-corrected chi connectivity index (χ0v) is 10.0. The molecule has 1 aliphatic heterocycles. The van der Waals surface area contributed by atoms with Crippen LogP contribution in [0.3, 0.4) is 0 Å². The lowest BCUT2D eigenvalue weighted by atomic mass is 9.91. The molecule has 1 heterocycles. The van der Waals surface area contributed by atoms with E-state index in [9.17, 15) is 4.79 Å². The molecule has 1 amide bonds. The molecule has 86 valence electrons. The average Bonchev–Trinajstić information content (AvgIpc) is 2.28. The molecule has 2 nitrogen and oxygen atoms in total. The lowest BCUT2D eigenvalue weighted by molar-refractivity contribution is 0.0623. The van der Waals surface area contributed by atoms with Gasteiger partial charge in [0.1, 0.15) is 0 Å². The lowest BCUT2D eigenvalue weighted by Gasteiger charge is -2.35. The summed E-state index contributed by atoms with van der Waals surface area (Å²) in [6.07, 6.45) is 1.23. The Labute approximate surface area is 97.3 Å². The molecule has 0 spiro atoms. The third-order valence-corrected chi connectivity index (χ3v) is 3.18. The van der Waals surface area contributed by atoms with E-state index in [4.69, 9.17) is 0 Å². The minimum absolute atomic E-state index is 0.180. The highest BCUT2D eigenvalue weighted by atomic mass is 16.2. The molecule has 1 aliphatic rings. The van der Waals surface area contributed by atoms with Gasteiger partial charge in [-0.25, -0.2) is 0 Å². The molecule has 1 fully saturated rings. The third-order valence-electron chi connectivity index (χ3n) is 3.18. The molecule has 2 rings (SSSR count). The number of hydrogen-bond donors (Lipinski definition) is 0. The van der Waals surface area contributed by atoms with Crippen LogP contribution in [0, 0.1) is 11.8 Å². The molecule has 0 bridgehead atoms. The SMILES string of the molecule is CC1CC(C)CN(C(=O)c2ccccc2)C1. The average molecular weight is 217 g/mol. The second-order valence-corrected chi connectivity index (χ2v) is 5.02. The summed E-state index contributed by atoms with van der Waals surface area (Å²) < 4.78 is 0. The summed E-state index contributed by atoms with van der Waals surface area (Å²) in [6, 6.07) is 9.57. The van der Waals surface area contributed by atoms with Crippen molar-refractivity contribution < 1.29 is 4.79 Å². The maximum Gasteiger partial charge on any atom is 0.253 e. The van der Waals surface area contributed by atoms with Gasteiger partial charge in [-0.1, -0.05) is 32.0 Å². The largest absolute Gasteiger partial charge is 0.338 e. The fourth-order valence-electron chi connectivity index (χ4n) is 2.59. The molecule has 2 atom stereocenters. The molecule has 16 heavy (non-hydrogen) atoms. The quantitative estimate of drug-likeness (QED) is 0.708. The third kappa shape index (κ3) is 2.43. The van der Waals surface area contributed by atoms with Gasteiger partial charge in [0.2, 0.25) is 0 Å². The Balaban J connectivity index is 2.10. The van der Waals surface area contributed by atoms with Crippen LogP contribution in [0.1, 0.15) is 30.6 Å². The number of nitrogens with zero attached hydrogens (tertiary/aromatic N) is 1. The van der Waals surface area contributed by atoms with E-state index < -0.39 is 0 Å². The molecule has 2 unspecified atom stereocenters. The molecule has 0 aliphatic carbocycles. The van der Waals surface area contributed by atoms with Gasteiger partial charge in [-0.05, 0) is 30.4 Å². The molecule has 0 N–H and O–H groups in total. The van der Waals surface area contributed by atoms with E-state index in [0.29, 0.717) is 11.8 Å². The van der Waals surface area contributed by atoms with Crippen LogP contribution in [0.15, 0.2) is 30.3 Å². The van der Waals surface area contributed by atoms with Gasteiger partial charge in [0.05, 0.1) is 0 Å². The van der Waals surface area contributed by atoms with E-state index in [1.807, 2.05) is 35.2 Å². The van der Waals surface area contributed by atoms with E-state index >= 15 is 0 Å². The first-order valence-corrected chi connectivity index (χ1v) is 6.01. The Morgan fingerprint density at radius 3 is 2.25 bits per heavy atom. The summed E-state index contributed by atoms with van der Waals surface area (Å²) >= 11 is 0. The second kappa shape index (κ2) is 4.69. The Bertz CT molecular complexity index is 350. The van der Waals surface area contributed by atoms with Crippen LogP contribution >= 0.6 is 0 Å². The predicted octanol–water partition coefficient (Wildman–Crippen LogP) is 2.80. The summed E-state index contributed by atoms with van der Waals surface area (Å²) in [5.74, 6) is 1.42. The highest BCUT2D eigenvalue weighted by Gasteiger charge is 2.25. The number of rotatable bonds is 1. The molecule has 1 aromatic carbocycles. The number of hydrogen-bond acceptors (Lipinski definition) is 1. The number of benzene rings is 1. The van der Waals surface area contributed by atoms with E-state index in [-0.39, 0.29) is 5.91 Å². The Morgan fingerprint density at radius 1 is 1.12 bits per heavy atom. The number of carbonyl (C=O) groups is 1. The van der Waals surface area contributed by atoms with Crippen molar-refractivity contribution >= 4 is 5.91 Å². The predicted molar refractivity (Wildman–Crippen MR) is 65.3 cm³/mol. The topological polar surface area (TPSA) is 20.3 Å². The van der Waals surface area contributed by atoms with Crippen LogP contribution in [0.5, 0.6) is 0 Å². The Hall–Kier alpha value is -1.31. The van der Waals surface area contributed by atoms with E-state index in [1.54, 1.807) is 0 Å². The van der Waals surface area contributed by atoms with E-state index in [1.165, 1.54) is 6.42 Å². The molecule has 0 saturated carbocycles. The van der Waals surface area contributed by atoms with Crippen LogP contribution in [-0.4, -0.2) is 23.9 Å². The molecule has 0 radical (unpaired) electrons. The fourth-order valence-corrected chi connectivity index (χ4v) is 2.59. The van der Waals surface area contributed by atoms with Gasteiger partial charge in [0, 0.05) is 18.7 Å². The van der Waals surface area contributed by atoms with E-state index in [0.717, 1.165) is 18.7 Å². The van der Waals surface area contributed by atoms with Gasteiger partial charge in [-0.2, -0.15) is 0 Å². The van der Waals surface area contributed by atoms with Crippen molar-refractivity contribution in [3.05, 3.63) is 35.9 Å². The standard InChI is InChI=1S/C14H19NO/c1-11-8-12(2)10-15(9-11)14(16)13-6-4-3-5-7-13/h3-7,11-12H,8-10H2,1-2H3. The van der Waals surface area contributed by atoms with Crippen molar-refractivity contribution in [1.29, 1.82) is 0 Å². The fraction of sp³-hybridized carbons (Fsp3) is 0.500. The molecular formula is C14H19NO. The van der Waals surface area contributed by atoms with Gasteiger partial charge >= 0.3 is 0 Å². The Kier molecular flexibility index (Phi) is 3.28. The normalized spacial score (nSPS) is 25.5. The molecule has 1 saturated heterocycles. The number of amides is 1. The highest BCUT2D eigenvalue weighted by molar-refractivity contribution is 5.94. The van der Waals surface area contributed by atoms with Crippen molar-refractivity contribution in [3.8, 4) is 0 Å². The first-order chi connectivity index (χ1) is 7.66. The van der Waals surface area contributed by atoms with Gasteiger partial charge in [-0.3, -0.25) is 4.79 Å². The van der Waals surface area contributed by atoms with Crippen molar-refractivity contribution in [2.45, 2.75) is 20.3 Å². The maximum absolute atomic E-state index is 12.2. The smallest absolute Gasteiger partial charge is 0.253 e. The monoisotopic (exact) mass is 217 g/mol. The molecular weight excluding hydrogens is 198 g/mol. The molecule has 0 aromatic heterocycles. The van der Waals surface area contributed by atoms with Gasteiger partial charge in [0.25, 0.3) is 5.91 Å². The summed E-state index contributed by atoms with van der Waals surface area (Å²) in [7, 11) is 0. The van der Waals surface area contributed by atoms with Crippen LogP contribution in [0.25, 0.3) is 0 Å². The van der Waals surface area contributed by atoms with Crippen molar-refractivity contribution in [3.63, 3.8) is 0 Å². The summed E-state index contributed by atoms with van der Waals surface area (Å²) in [6.45, 7) is 6.25. The summed E-state index contributed by atoms with van der Waals surface area (Å²) in [4.78, 5) is 14.2. The molecule has 1 aromatic rings. The summed E-state index contributed by atoms with van der Waals surface area (Å²) in [5, 5.41) is 0. The van der Waals surface area contributed by atoms with E-state index in [2.05, 4.69) is 13.8 Å². The first-order valence-electron chi connectivity index (χ1n) is 6.01. The number of piperidine rings is 1. The van der Waals surface area contributed by atoms with Gasteiger partial charge < -0.3 is 4.90 Å². The summed E-state index contributed by atoms with van der Waals surface area (Å²) in [5.41, 5.74) is 0.809. The zero-order valence-electron chi connectivity index (χ0n) is 10.0. The maximum atomic E-state index is 12.2.